The Bertz CT molecular complexity index is 313. The molecule has 2 aliphatic carbocycles. The van der Waals surface area contributed by atoms with E-state index in [0.29, 0.717) is 0 Å². The van der Waals surface area contributed by atoms with E-state index in [2.05, 4.69) is 35.6 Å². The third kappa shape index (κ3) is 2.65. The second-order valence-corrected chi connectivity index (χ2v) is 5.39. The van der Waals surface area contributed by atoms with Gasteiger partial charge in [-0.3, -0.25) is 0 Å². The van der Waals surface area contributed by atoms with Gasteiger partial charge >= 0.3 is 0 Å². The monoisotopic (exact) mass is 215 g/mol. The van der Waals surface area contributed by atoms with Gasteiger partial charge in [-0.25, -0.2) is 0 Å². The standard InChI is InChI=1S/C15H21N/c1-2-4-12(5-3-1)10-11-16-15(13-6-7-13)14-8-9-14/h1-5,13-16H,6-11H2. The van der Waals surface area contributed by atoms with Gasteiger partial charge < -0.3 is 5.32 Å². The van der Waals surface area contributed by atoms with Crippen LogP contribution in [0.2, 0.25) is 0 Å². The summed E-state index contributed by atoms with van der Waals surface area (Å²) in [5, 5.41) is 3.79. The molecule has 1 heteroatoms. The molecule has 0 bridgehead atoms. The predicted octanol–water partition coefficient (Wildman–Crippen LogP) is 3.01. The topological polar surface area (TPSA) is 12.0 Å². The number of hydrogen-bond acceptors (Lipinski definition) is 1. The average Bonchev–Trinajstić information content (AvgIpc) is 3.17. The number of hydrogen-bond donors (Lipinski definition) is 1. The van der Waals surface area contributed by atoms with Crippen molar-refractivity contribution in [3.05, 3.63) is 35.9 Å². The third-order valence-electron chi connectivity index (χ3n) is 3.90. The van der Waals surface area contributed by atoms with Crippen LogP contribution in [0.15, 0.2) is 30.3 Å². The van der Waals surface area contributed by atoms with Gasteiger partial charge in [-0.2, -0.15) is 0 Å². The van der Waals surface area contributed by atoms with Crippen molar-refractivity contribution in [3.8, 4) is 0 Å². The number of benzene rings is 1. The second-order valence-electron chi connectivity index (χ2n) is 5.39. The summed E-state index contributed by atoms with van der Waals surface area (Å²) in [7, 11) is 0. The Morgan fingerprint density at radius 3 is 2.19 bits per heavy atom. The minimum atomic E-state index is 0.851. The summed E-state index contributed by atoms with van der Waals surface area (Å²) in [6.07, 6.45) is 7.06. The molecule has 86 valence electrons. The van der Waals surface area contributed by atoms with Gasteiger partial charge in [0.25, 0.3) is 0 Å². The van der Waals surface area contributed by atoms with Gasteiger partial charge in [0.1, 0.15) is 0 Å². The highest BCUT2D eigenvalue weighted by atomic mass is 14.9. The lowest BCUT2D eigenvalue weighted by molar-refractivity contribution is 0.420. The van der Waals surface area contributed by atoms with E-state index in [0.717, 1.165) is 24.4 Å². The van der Waals surface area contributed by atoms with Crippen molar-refractivity contribution in [3.63, 3.8) is 0 Å². The van der Waals surface area contributed by atoms with E-state index in [1.54, 1.807) is 0 Å². The lowest BCUT2D eigenvalue weighted by Gasteiger charge is -2.17. The largest absolute Gasteiger partial charge is 0.313 e. The first-order valence-corrected chi connectivity index (χ1v) is 6.71. The molecule has 1 aromatic rings. The summed E-state index contributed by atoms with van der Waals surface area (Å²) < 4.78 is 0. The van der Waals surface area contributed by atoms with Crippen molar-refractivity contribution in [2.24, 2.45) is 11.8 Å². The molecule has 0 saturated heterocycles. The summed E-state index contributed by atoms with van der Waals surface area (Å²) in [5.41, 5.74) is 1.46. The Labute approximate surface area is 98.3 Å². The van der Waals surface area contributed by atoms with E-state index >= 15 is 0 Å². The molecule has 1 N–H and O–H groups in total. The maximum Gasteiger partial charge on any atom is 0.0124 e. The van der Waals surface area contributed by atoms with E-state index < -0.39 is 0 Å². The zero-order chi connectivity index (χ0) is 10.8. The van der Waals surface area contributed by atoms with Crippen molar-refractivity contribution >= 4 is 0 Å². The van der Waals surface area contributed by atoms with Crippen molar-refractivity contribution in [2.45, 2.75) is 38.1 Å². The zero-order valence-electron chi connectivity index (χ0n) is 9.86. The highest BCUT2D eigenvalue weighted by Gasteiger charge is 2.40. The minimum absolute atomic E-state index is 0.851. The van der Waals surface area contributed by atoms with Crippen LogP contribution in [-0.2, 0) is 6.42 Å². The first kappa shape index (κ1) is 10.3. The van der Waals surface area contributed by atoms with Crippen molar-refractivity contribution in [1.29, 1.82) is 0 Å². The van der Waals surface area contributed by atoms with Crippen LogP contribution in [0.1, 0.15) is 31.2 Å². The van der Waals surface area contributed by atoms with Crippen LogP contribution in [0.5, 0.6) is 0 Å². The first-order chi connectivity index (χ1) is 7.93. The van der Waals surface area contributed by atoms with Crippen LogP contribution >= 0.6 is 0 Å². The molecular weight excluding hydrogens is 194 g/mol. The maximum absolute atomic E-state index is 3.79. The molecule has 16 heavy (non-hydrogen) atoms. The molecule has 0 spiro atoms. The van der Waals surface area contributed by atoms with Crippen LogP contribution in [0.4, 0.5) is 0 Å². The Hall–Kier alpha value is -0.820. The number of nitrogens with one attached hydrogen (secondary N) is 1. The molecule has 2 saturated carbocycles. The van der Waals surface area contributed by atoms with Gasteiger partial charge in [0, 0.05) is 6.04 Å². The molecule has 1 aromatic carbocycles. The van der Waals surface area contributed by atoms with Crippen molar-refractivity contribution in [2.75, 3.05) is 6.54 Å². The van der Waals surface area contributed by atoms with Gasteiger partial charge in [0.2, 0.25) is 0 Å². The first-order valence-electron chi connectivity index (χ1n) is 6.71. The van der Waals surface area contributed by atoms with Gasteiger partial charge in [0.05, 0.1) is 0 Å². The molecule has 2 aliphatic rings. The molecular formula is C15H21N. The SMILES string of the molecule is c1ccc(CCNC(C2CC2)C2CC2)cc1. The molecule has 0 atom stereocenters. The summed E-state index contributed by atoms with van der Waals surface area (Å²) in [6, 6.07) is 11.7. The predicted molar refractivity (Wildman–Crippen MR) is 67.4 cm³/mol. The van der Waals surface area contributed by atoms with Crippen LogP contribution in [0.25, 0.3) is 0 Å². The van der Waals surface area contributed by atoms with Crippen molar-refractivity contribution < 1.29 is 0 Å². The highest BCUT2D eigenvalue weighted by Crippen LogP contribution is 2.44. The summed E-state index contributed by atoms with van der Waals surface area (Å²) in [4.78, 5) is 0. The van der Waals surface area contributed by atoms with Gasteiger partial charge in [-0.05, 0) is 56.0 Å². The van der Waals surface area contributed by atoms with E-state index in [-0.39, 0.29) is 0 Å². The van der Waals surface area contributed by atoms with E-state index in [1.165, 1.54) is 37.7 Å². The van der Waals surface area contributed by atoms with Crippen LogP contribution in [-0.4, -0.2) is 12.6 Å². The van der Waals surface area contributed by atoms with Crippen LogP contribution in [0, 0.1) is 11.8 Å². The quantitative estimate of drug-likeness (QED) is 0.769. The number of rotatable bonds is 6. The summed E-state index contributed by atoms with van der Waals surface area (Å²) in [6.45, 7) is 1.15. The Morgan fingerprint density at radius 1 is 1.00 bits per heavy atom. The molecule has 0 unspecified atom stereocenters. The highest BCUT2D eigenvalue weighted by molar-refractivity contribution is 5.15. The Kier molecular flexibility index (Phi) is 2.96. The second kappa shape index (κ2) is 4.58. The third-order valence-corrected chi connectivity index (χ3v) is 3.90. The summed E-state index contributed by atoms with van der Waals surface area (Å²) >= 11 is 0. The lowest BCUT2D eigenvalue weighted by atomic mass is 10.1. The van der Waals surface area contributed by atoms with Crippen LogP contribution < -0.4 is 5.32 Å². The van der Waals surface area contributed by atoms with E-state index in [9.17, 15) is 0 Å². The Balaban J connectivity index is 1.45. The maximum atomic E-state index is 3.79. The normalized spacial score (nSPS) is 20.3. The van der Waals surface area contributed by atoms with E-state index in [4.69, 9.17) is 0 Å². The lowest BCUT2D eigenvalue weighted by Crippen LogP contribution is -2.34. The fourth-order valence-corrected chi connectivity index (χ4v) is 2.66. The fourth-order valence-electron chi connectivity index (χ4n) is 2.66. The summed E-state index contributed by atoms with van der Waals surface area (Å²) in [5.74, 6) is 2.03. The van der Waals surface area contributed by atoms with Gasteiger partial charge in [-0.1, -0.05) is 30.3 Å². The molecule has 0 heterocycles. The van der Waals surface area contributed by atoms with Gasteiger partial charge in [-0.15, -0.1) is 0 Å². The molecule has 1 nitrogen and oxygen atoms in total. The molecule has 0 radical (unpaired) electrons. The zero-order valence-corrected chi connectivity index (χ0v) is 9.86. The minimum Gasteiger partial charge on any atom is -0.313 e. The average molecular weight is 215 g/mol. The molecule has 2 fully saturated rings. The molecule has 0 amide bonds. The Morgan fingerprint density at radius 2 is 1.62 bits per heavy atom. The fraction of sp³-hybridized carbons (Fsp3) is 0.600. The van der Waals surface area contributed by atoms with E-state index in [1.807, 2.05) is 0 Å². The van der Waals surface area contributed by atoms with Gasteiger partial charge in [0.15, 0.2) is 0 Å². The van der Waals surface area contributed by atoms with Crippen LogP contribution in [0.3, 0.4) is 0 Å². The van der Waals surface area contributed by atoms with Crippen molar-refractivity contribution in [1.82, 2.24) is 5.32 Å². The molecule has 3 rings (SSSR count). The molecule has 0 aromatic heterocycles. The smallest absolute Gasteiger partial charge is 0.0124 e. The molecule has 0 aliphatic heterocycles.